The van der Waals surface area contributed by atoms with Crippen LogP contribution in [0.25, 0.3) is 0 Å². The maximum atomic E-state index is 5.93. The number of thiazole rings is 1. The molecule has 106 valence electrons. The third-order valence-corrected chi connectivity index (χ3v) is 5.08. The van der Waals surface area contributed by atoms with Crippen LogP contribution in [0.15, 0.2) is 34.2 Å². The highest BCUT2D eigenvalue weighted by Crippen LogP contribution is 2.22. The van der Waals surface area contributed by atoms with Gasteiger partial charge in [0.25, 0.3) is 0 Å². The van der Waals surface area contributed by atoms with Crippen LogP contribution < -0.4 is 10.6 Å². The lowest BCUT2D eigenvalue weighted by atomic mass is 10.2. The van der Waals surface area contributed by atoms with Crippen LogP contribution in [0.5, 0.6) is 0 Å². The molecule has 1 aliphatic rings. The lowest BCUT2D eigenvalue weighted by molar-refractivity contribution is 0.250. The molecule has 6 heteroatoms. The summed E-state index contributed by atoms with van der Waals surface area (Å²) in [5.74, 6) is 0. The van der Waals surface area contributed by atoms with Gasteiger partial charge in [0, 0.05) is 54.5 Å². The number of benzene rings is 1. The molecule has 0 aliphatic carbocycles. The van der Waals surface area contributed by atoms with Gasteiger partial charge < -0.3 is 10.6 Å². The Morgan fingerprint density at radius 2 is 2.05 bits per heavy atom. The first-order valence-electron chi connectivity index (χ1n) is 6.63. The predicted octanol–water partition coefficient (Wildman–Crippen LogP) is 2.81. The van der Waals surface area contributed by atoms with Gasteiger partial charge in [0.15, 0.2) is 5.13 Å². The molecular formula is C14H17BrN4S. The zero-order valence-corrected chi connectivity index (χ0v) is 13.5. The van der Waals surface area contributed by atoms with E-state index in [-0.39, 0.29) is 0 Å². The molecule has 1 fully saturated rings. The summed E-state index contributed by atoms with van der Waals surface area (Å²) in [6.07, 6.45) is 1.87. The Morgan fingerprint density at radius 1 is 1.25 bits per heavy atom. The van der Waals surface area contributed by atoms with Crippen LogP contribution in [0.2, 0.25) is 0 Å². The second kappa shape index (κ2) is 6.11. The molecular weight excluding hydrogens is 336 g/mol. The largest absolute Gasteiger partial charge is 0.398 e. The lowest BCUT2D eigenvalue weighted by Crippen LogP contribution is -2.45. The molecule has 20 heavy (non-hydrogen) atoms. The maximum absolute atomic E-state index is 5.93. The molecule has 1 aliphatic heterocycles. The average molecular weight is 353 g/mol. The van der Waals surface area contributed by atoms with E-state index in [4.69, 9.17) is 5.73 Å². The Bertz CT molecular complexity index is 565. The van der Waals surface area contributed by atoms with Gasteiger partial charge >= 0.3 is 0 Å². The number of piperazine rings is 1. The van der Waals surface area contributed by atoms with E-state index in [1.807, 2.05) is 17.6 Å². The zero-order chi connectivity index (χ0) is 13.9. The van der Waals surface area contributed by atoms with E-state index in [2.05, 4.69) is 42.8 Å². The highest BCUT2D eigenvalue weighted by Gasteiger charge is 2.18. The van der Waals surface area contributed by atoms with Gasteiger partial charge in [-0.2, -0.15) is 0 Å². The van der Waals surface area contributed by atoms with Gasteiger partial charge in [-0.3, -0.25) is 4.90 Å². The first-order chi connectivity index (χ1) is 9.72. The molecule has 4 nitrogen and oxygen atoms in total. The molecule has 1 saturated heterocycles. The van der Waals surface area contributed by atoms with E-state index in [1.54, 1.807) is 11.3 Å². The monoisotopic (exact) mass is 352 g/mol. The molecule has 1 aromatic heterocycles. The molecule has 3 rings (SSSR count). The van der Waals surface area contributed by atoms with Crippen LogP contribution in [0.4, 0.5) is 10.8 Å². The number of nitrogen functional groups attached to an aromatic ring is 1. The summed E-state index contributed by atoms with van der Waals surface area (Å²) < 4.78 is 0.967. The summed E-state index contributed by atoms with van der Waals surface area (Å²) in [4.78, 5) is 9.20. The molecule has 0 unspecified atom stereocenters. The minimum atomic E-state index is 0.809. The van der Waals surface area contributed by atoms with E-state index in [1.165, 1.54) is 5.56 Å². The summed E-state index contributed by atoms with van der Waals surface area (Å²) >= 11 is 5.15. The number of rotatable bonds is 3. The number of aromatic nitrogens is 1. The first kappa shape index (κ1) is 13.9. The fourth-order valence-corrected chi connectivity index (χ4v) is 3.36. The lowest BCUT2D eigenvalue weighted by Gasteiger charge is -2.34. The molecule has 2 N–H and O–H groups in total. The fourth-order valence-electron chi connectivity index (χ4n) is 2.42. The van der Waals surface area contributed by atoms with Crippen molar-refractivity contribution in [2.24, 2.45) is 0 Å². The summed E-state index contributed by atoms with van der Waals surface area (Å²) in [6.45, 7) is 5.17. The molecule has 2 heterocycles. The van der Waals surface area contributed by atoms with Crippen LogP contribution >= 0.6 is 27.3 Å². The van der Waals surface area contributed by atoms with Crippen molar-refractivity contribution in [3.63, 3.8) is 0 Å². The van der Waals surface area contributed by atoms with Crippen molar-refractivity contribution in [3.05, 3.63) is 39.8 Å². The second-order valence-corrected chi connectivity index (χ2v) is 6.66. The Morgan fingerprint density at radius 3 is 2.70 bits per heavy atom. The van der Waals surface area contributed by atoms with Crippen molar-refractivity contribution < 1.29 is 0 Å². The second-order valence-electron chi connectivity index (χ2n) is 4.93. The third kappa shape index (κ3) is 3.13. The number of hydrogen-bond donors (Lipinski definition) is 1. The van der Waals surface area contributed by atoms with Crippen LogP contribution in [0.1, 0.15) is 5.56 Å². The van der Waals surface area contributed by atoms with Gasteiger partial charge in [-0.05, 0) is 33.6 Å². The van der Waals surface area contributed by atoms with E-state index in [0.29, 0.717) is 0 Å². The molecule has 0 bridgehead atoms. The van der Waals surface area contributed by atoms with E-state index >= 15 is 0 Å². The SMILES string of the molecule is Nc1cc(CN2CCN(c3nccs3)CC2)ccc1Br. The molecule has 0 spiro atoms. The number of nitrogens with two attached hydrogens (primary N) is 1. The molecule has 0 amide bonds. The van der Waals surface area contributed by atoms with E-state index in [0.717, 1.165) is 48.0 Å². The number of halogens is 1. The van der Waals surface area contributed by atoms with Crippen molar-refractivity contribution in [2.75, 3.05) is 36.8 Å². The molecule has 0 atom stereocenters. The molecule has 0 saturated carbocycles. The highest BCUT2D eigenvalue weighted by atomic mass is 79.9. The van der Waals surface area contributed by atoms with Crippen molar-refractivity contribution in [3.8, 4) is 0 Å². The summed E-state index contributed by atoms with van der Waals surface area (Å²) in [5, 5.41) is 3.17. The van der Waals surface area contributed by atoms with Gasteiger partial charge in [-0.1, -0.05) is 6.07 Å². The molecule has 0 radical (unpaired) electrons. The summed E-state index contributed by atoms with van der Waals surface area (Å²) in [7, 11) is 0. The van der Waals surface area contributed by atoms with Gasteiger partial charge in [0.1, 0.15) is 0 Å². The number of anilines is 2. The standard InChI is InChI=1S/C14H17BrN4S/c15-12-2-1-11(9-13(12)16)10-18-4-6-19(7-5-18)14-17-3-8-20-14/h1-3,8-9H,4-7,10,16H2. The molecule has 1 aromatic carbocycles. The fraction of sp³-hybridized carbons (Fsp3) is 0.357. The first-order valence-corrected chi connectivity index (χ1v) is 8.30. The summed E-state index contributed by atoms with van der Waals surface area (Å²) in [6, 6.07) is 6.21. The van der Waals surface area contributed by atoms with Crippen LogP contribution in [0, 0.1) is 0 Å². The van der Waals surface area contributed by atoms with Gasteiger partial charge in [-0.15, -0.1) is 11.3 Å². The Balaban J connectivity index is 1.57. The molecule has 2 aromatic rings. The zero-order valence-electron chi connectivity index (χ0n) is 11.1. The Hall–Kier alpha value is -1.11. The average Bonchev–Trinajstić information content (AvgIpc) is 2.98. The van der Waals surface area contributed by atoms with Gasteiger partial charge in [0.2, 0.25) is 0 Å². The van der Waals surface area contributed by atoms with Gasteiger partial charge in [0.05, 0.1) is 0 Å². The van der Waals surface area contributed by atoms with Gasteiger partial charge in [-0.25, -0.2) is 4.98 Å². The number of nitrogens with zero attached hydrogens (tertiary/aromatic N) is 3. The minimum Gasteiger partial charge on any atom is -0.398 e. The van der Waals surface area contributed by atoms with Crippen LogP contribution in [0.3, 0.4) is 0 Å². The van der Waals surface area contributed by atoms with E-state index in [9.17, 15) is 0 Å². The highest BCUT2D eigenvalue weighted by molar-refractivity contribution is 9.10. The minimum absolute atomic E-state index is 0.809. The quantitative estimate of drug-likeness (QED) is 0.862. The Labute approximate surface area is 131 Å². The van der Waals surface area contributed by atoms with Crippen molar-refractivity contribution in [1.29, 1.82) is 0 Å². The van der Waals surface area contributed by atoms with Crippen molar-refractivity contribution in [2.45, 2.75) is 6.54 Å². The van der Waals surface area contributed by atoms with Crippen molar-refractivity contribution >= 4 is 38.1 Å². The van der Waals surface area contributed by atoms with E-state index < -0.39 is 0 Å². The number of hydrogen-bond acceptors (Lipinski definition) is 5. The predicted molar refractivity (Wildman–Crippen MR) is 88.2 cm³/mol. The topological polar surface area (TPSA) is 45.4 Å². The smallest absolute Gasteiger partial charge is 0.185 e. The van der Waals surface area contributed by atoms with Crippen molar-refractivity contribution in [1.82, 2.24) is 9.88 Å². The Kier molecular flexibility index (Phi) is 4.24. The maximum Gasteiger partial charge on any atom is 0.185 e. The summed E-state index contributed by atoms with van der Waals surface area (Å²) in [5.41, 5.74) is 8.01. The third-order valence-electron chi connectivity index (χ3n) is 3.53. The van der Waals surface area contributed by atoms with Crippen LogP contribution in [-0.2, 0) is 6.54 Å². The van der Waals surface area contributed by atoms with Crippen LogP contribution in [-0.4, -0.2) is 36.1 Å². The normalized spacial score (nSPS) is 16.6.